The molecule has 1 aromatic carbocycles. The van der Waals surface area contributed by atoms with E-state index in [1.807, 2.05) is 30.5 Å². The van der Waals surface area contributed by atoms with Crippen LogP contribution < -0.4 is 5.32 Å². The minimum atomic E-state index is -0.956. The molecule has 2 rings (SSSR count). The maximum Gasteiger partial charge on any atom is 0.326 e. The van der Waals surface area contributed by atoms with Crippen LogP contribution in [0.15, 0.2) is 24.3 Å². The van der Waals surface area contributed by atoms with Gasteiger partial charge < -0.3 is 10.4 Å². The number of nitrogens with one attached hydrogen (secondary N) is 1. The SMILES string of the molecule is CSCC[C@H](NC(=O)C1Cc2ccccc2C1)C(=O)O. The Morgan fingerprint density at radius 3 is 2.45 bits per heavy atom. The number of rotatable bonds is 6. The molecule has 0 saturated carbocycles. The van der Waals surface area contributed by atoms with Gasteiger partial charge in [0.25, 0.3) is 0 Å². The Hall–Kier alpha value is -1.49. The number of aliphatic carboxylic acids is 1. The summed E-state index contributed by atoms with van der Waals surface area (Å²) in [6.45, 7) is 0. The first-order valence-corrected chi connectivity index (χ1v) is 8.10. The maximum atomic E-state index is 12.2. The zero-order chi connectivity index (χ0) is 14.5. The number of fused-ring (bicyclic) bond motifs is 1. The monoisotopic (exact) mass is 293 g/mol. The number of carboxylic acid groups (broad SMARTS) is 1. The van der Waals surface area contributed by atoms with E-state index < -0.39 is 12.0 Å². The fourth-order valence-electron chi connectivity index (χ4n) is 2.53. The summed E-state index contributed by atoms with van der Waals surface area (Å²) in [6, 6.07) is 7.23. The lowest BCUT2D eigenvalue weighted by atomic mass is 10.0. The van der Waals surface area contributed by atoms with Gasteiger partial charge in [-0.15, -0.1) is 0 Å². The number of thioether (sulfide) groups is 1. The van der Waals surface area contributed by atoms with E-state index in [9.17, 15) is 9.59 Å². The zero-order valence-corrected chi connectivity index (χ0v) is 12.3. The van der Waals surface area contributed by atoms with Gasteiger partial charge >= 0.3 is 5.97 Å². The molecule has 1 amide bonds. The van der Waals surface area contributed by atoms with Crippen molar-refractivity contribution in [2.45, 2.75) is 25.3 Å². The third kappa shape index (κ3) is 3.54. The average Bonchev–Trinajstić information content (AvgIpc) is 2.86. The first-order chi connectivity index (χ1) is 9.61. The van der Waals surface area contributed by atoms with E-state index in [1.165, 1.54) is 11.1 Å². The molecule has 0 aliphatic heterocycles. The number of benzene rings is 1. The van der Waals surface area contributed by atoms with Crippen LogP contribution in [0.1, 0.15) is 17.5 Å². The molecule has 0 bridgehead atoms. The minimum Gasteiger partial charge on any atom is -0.480 e. The molecule has 0 saturated heterocycles. The second-order valence-corrected chi connectivity index (χ2v) is 6.04. The average molecular weight is 293 g/mol. The molecule has 0 heterocycles. The Labute approximate surface area is 123 Å². The van der Waals surface area contributed by atoms with Crippen LogP contribution in [-0.4, -0.2) is 35.0 Å². The Bertz CT molecular complexity index is 479. The van der Waals surface area contributed by atoms with Crippen molar-refractivity contribution < 1.29 is 14.7 Å². The Morgan fingerprint density at radius 1 is 1.35 bits per heavy atom. The first kappa shape index (κ1) is 14.9. The molecule has 0 spiro atoms. The second-order valence-electron chi connectivity index (χ2n) is 5.05. The topological polar surface area (TPSA) is 66.4 Å². The van der Waals surface area contributed by atoms with Crippen molar-refractivity contribution in [3.8, 4) is 0 Å². The Morgan fingerprint density at radius 2 is 1.95 bits per heavy atom. The van der Waals surface area contributed by atoms with Crippen molar-refractivity contribution in [2.24, 2.45) is 5.92 Å². The number of hydrogen-bond donors (Lipinski definition) is 2. The molecule has 1 aromatic rings. The summed E-state index contributed by atoms with van der Waals surface area (Å²) in [6.07, 6.45) is 3.80. The van der Waals surface area contributed by atoms with Gasteiger partial charge in [0.15, 0.2) is 0 Å². The number of carbonyl (C=O) groups excluding carboxylic acids is 1. The molecule has 2 N–H and O–H groups in total. The van der Waals surface area contributed by atoms with Gasteiger partial charge in [-0.1, -0.05) is 24.3 Å². The standard InChI is InChI=1S/C15H19NO3S/c1-20-7-6-13(15(18)19)16-14(17)12-8-10-4-2-3-5-11(10)9-12/h2-5,12-13H,6-9H2,1H3,(H,16,17)(H,18,19)/t13-/m0/s1. The summed E-state index contributed by atoms with van der Waals surface area (Å²) in [4.78, 5) is 23.4. The molecule has 1 atom stereocenters. The summed E-state index contributed by atoms with van der Waals surface area (Å²) < 4.78 is 0. The van der Waals surface area contributed by atoms with Crippen LogP contribution in [0.25, 0.3) is 0 Å². The molecular weight excluding hydrogens is 274 g/mol. The summed E-state index contributed by atoms with van der Waals surface area (Å²) in [7, 11) is 0. The van der Waals surface area contributed by atoms with Gasteiger partial charge in [-0.3, -0.25) is 4.79 Å². The zero-order valence-electron chi connectivity index (χ0n) is 11.5. The largest absolute Gasteiger partial charge is 0.480 e. The van der Waals surface area contributed by atoms with Crippen LogP contribution in [0, 0.1) is 5.92 Å². The van der Waals surface area contributed by atoms with Gasteiger partial charge in [0.2, 0.25) is 5.91 Å². The lowest BCUT2D eigenvalue weighted by molar-refractivity contribution is -0.142. The van der Waals surface area contributed by atoms with Crippen molar-refractivity contribution in [2.75, 3.05) is 12.0 Å². The van der Waals surface area contributed by atoms with Crippen molar-refractivity contribution in [3.63, 3.8) is 0 Å². The van der Waals surface area contributed by atoms with E-state index in [-0.39, 0.29) is 11.8 Å². The van der Waals surface area contributed by atoms with Gasteiger partial charge in [0, 0.05) is 5.92 Å². The lowest BCUT2D eigenvalue weighted by Crippen LogP contribution is -2.44. The van der Waals surface area contributed by atoms with Crippen molar-refractivity contribution in [1.29, 1.82) is 0 Å². The smallest absolute Gasteiger partial charge is 0.326 e. The molecule has 108 valence electrons. The number of hydrogen-bond acceptors (Lipinski definition) is 3. The van der Waals surface area contributed by atoms with Gasteiger partial charge in [-0.05, 0) is 42.4 Å². The maximum absolute atomic E-state index is 12.2. The number of amides is 1. The van der Waals surface area contributed by atoms with Crippen molar-refractivity contribution in [1.82, 2.24) is 5.32 Å². The minimum absolute atomic E-state index is 0.136. The Kier molecular flexibility index (Phi) is 5.06. The molecule has 0 radical (unpaired) electrons. The molecule has 0 fully saturated rings. The third-order valence-electron chi connectivity index (χ3n) is 3.65. The highest BCUT2D eigenvalue weighted by molar-refractivity contribution is 7.98. The fourth-order valence-corrected chi connectivity index (χ4v) is 3.00. The van der Waals surface area contributed by atoms with Crippen LogP contribution >= 0.6 is 11.8 Å². The number of carbonyl (C=O) groups is 2. The van der Waals surface area contributed by atoms with Crippen LogP contribution in [0.5, 0.6) is 0 Å². The molecule has 0 unspecified atom stereocenters. The van der Waals surface area contributed by atoms with E-state index in [1.54, 1.807) is 11.8 Å². The third-order valence-corrected chi connectivity index (χ3v) is 4.29. The summed E-state index contributed by atoms with van der Waals surface area (Å²) in [5, 5.41) is 11.8. The summed E-state index contributed by atoms with van der Waals surface area (Å²) in [5.74, 6) is -0.511. The van der Waals surface area contributed by atoms with Crippen LogP contribution in [0.3, 0.4) is 0 Å². The van der Waals surface area contributed by atoms with E-state index in [0.717, 1.165) is 5.75 Å². The van der Waals surface area contributed by atoms with Gasteiger partial charge in [-0.2, -0.15) is 11.8 Å². The van der Waals surface area contributed by atoms with E-state index >= 15 is 0 Å². The molecular formula is C15H19NO3S. The predicted molar refractivity (Wildman–Crippen MR) is 79.9 cm³/mol. The van der Waals surface area contributed by atoms with E-state index in [4.69, 9.17) is 5.11 Å². The molecule has 5 heteroatoms. The van der Waals surface area contributed by atoms with Crippen molar-refractivity contribution in [3.05, 3.63) is 35.4 Å². The normalized spacial score (nSPS) is 15.7. The first-order valence-electron chi connectivity index (χ1n) is 6.70. The van der Waals surface area contributed by atoms with E-state index in [2.05, 4.69) is 5.32 Å². The van der Waals surface area contributed by atoms with Gasteiger partial charge in [0.05, 0.1) is 0 Å². The van der Waals surface area contributed by atoms with Crippen LogP contribution in [0.2, 0.25) is 0 Å². The Balaban J connectivity index is 1.94. The second kappa shape index (κ2) is 6.79. The summed E-state index contributed by atoms with van der Waals surface area (Å²) in [5.41, 5.74) is 2.40. The van der Waals surface area contributed by atoms with Crippen molar-refractivity contribution >= 4 is 23.6 Å². The van der Waals surface area contributed by atoms with Gasteiger partial charge in [-0.25, -0.2) is 4.79 Å². The number of carboxylic acids is 1. The molecule has 1 aliphatic carbocycles. The van der Waals surface area contributed by atoms with Gasteiger partial charge in [0.1, 0.15) is 6.04 Å². The molecule has 4 nitrogen and oxygen atoms in total. The fraction of sp³-hybridized carbons (Fsp3) is 0.467. The van der Waals surface area contributed by atoms with E-state index in [0.29, 0.717) is 19.3 Å². The highest BCUT2D eigenvalue weighted by atomic mass is 32.2. The molecule has 20 heavy (non-hydrogen) atoms. The predicted octanol–water partition coefficient (Wildman–Crippen LogP) is 1.72. The molecule has 1 aliphatic rings. The van der Waals surface area contributed by atoms with Crippen LogP contribution in [-0.2, 0) is 22.4 Å². The van der Waals surface area contributed by atoms with Crippen LogP contribution in [0.4, 0.5) is 0 Å². The summed E-state index contributed by atoms with van der Waals surface area (Å²) >= 11 is 1.58. The quantitative estimate of drug-likeness (QED) is 0.838. The molecule has 0 aromatic heterocycles. The highest BCUT2D eigenvalue weighted by Gasteiger charge is 2.29. The highest BCUT2D eigenvalue weighted by Crippen LogP contribution is 2.26. The lowest BCUT2D eigenvalue weighted by Gasteiger charge is -2.16.